The molecule has 0 aliphatic heterocycles. The molecular formula is C13H27NO2. The third-order valence-corrected chi connectivity index (χ3v) is 3.73. The van der Waals surface area contributed by atoms with Crippen LogP contribution in [0.1, 0.15) is 47.0 Å². The van der Waals surface area contributed by atoms with Gasteiger partial charge in [-0.15, -0.1) is 0 Å². The molecule has 3 unspecified atom stereocenters. The zero-order chi connectivity index (χ0) is 12.2. The largest absolute Gasteiger partial charge is 0.393 e. The van der Waals surface area contributed by atoms with Gasteiger partial charge in [0.05, 0.1) is 12.2 Å². The van der Waals surface area contributed by atoms with Crippen LogP contribution in [0.2, 0.25) is 0 Å². The average Bonchev–Trinajstić information content (AvgIpc) is 2.20. The molecule has 1 rings (SSSR count). The van der Waals surface area contributed by atoms with E-state index in [1.165, 1.54) is 0 Å². The number of hydrogen-bond donors (Lipinski definition) is 2. The normalized spacial score (nSPS) is 29.8. The predicted molar refractivity (Wildman–Crippen MR) is 66.5 cm³/mol. The summed E-state index contributed by atoms with van der Waals surface area (Å²) in [5.41, 5.74) is 0.251. The van der Waals surface area contributed by atoms with E-state index in [0.717, 1.165) is 32.4 Å². The van der Waals surface area contributed by atoms with Crippen LogP contribution in [0.4, 0.5) is 0 Å². The Hall–Kier alpha value is -0.120. The van der Waals surface area contributed by atoms with Crippen LogP contribution in [0.5, 0.6) is 0 Å². The topological polar surface area (TPSA) is 41.5 Å². The van der Waals surface area contributed by atoms with E-state index in [-0.39, 0.29) is 11.5 Å². The molecule has 3 nitrogen and oxygen atoms in total. The number of ether oxygens (including phenoxy) is 1. The van der Waals surface area contributed by atoms with Crippen molar-refractivity contribution in [3.8, 4) is 0 Å². The SMILES string of the molecule is CCOC1CC(NCCCC(C)O)C1(C)C. The first kappa shape index (κ1) is 13.9. The highest BCUT2D eigenvalue weighted by Gasteiger charge is 2.48. The monoisotopic (exact) mass is 229 g/mol. The van der Waals surface area contributed by atoms with Gasteiger partial charge < -0.3 is 15.2 Å². The van der Waals surface area contributed by atoms with Crippen LogP contribution in [-0.4, -0.2) is 36.5 Å². The maximum Gasteiger partial charge on any atom is 0.0655 e. The molecule has 3 atom stereocenters. The molecule has 0 aromatic heterocycles. The van der Waals surface area contributed by atoms with Crippen molar-refractivity contribution in [2.24, 2.45) is 5.41 Å². The van der Waals surface area contributed by atoms with Crippen LogP contribution in [0.25, 0.3) is 0 Å². The average molecular weight is 229 g/mol. The Morgan fingerprint density at radius 3 is 2.69 bits per heavy atom. The van der Waals surface area contributed by atoms with Crippen molar-refractivity contribution in [1.82, 2.24) is 5.32 Å². The van der Waals surface area contributed by atoms with Crippen LogP contribution in [-0.2, 0) is 4.74 Å². The fourth-order valence-corrected chi connectivity index (χ4v) is 2.39. The molecule has 1 aliphatic rings. The molecule has 2 N–H and O–H groups in total. The zero-order valence-corrected chi connectivity index (χ0v) is 11.1. The number of rotatable bonds is 7. The minimum absolute atomic E-state index is 0.174. The van der Waals surface area contributed by atoms with Gasteiger partial charge in [-0.25, -0.2) is 0 Å². The van der Waals surface area contributed by atoms with E-state index in [0.29, 0.717) is 12.1 Å². The quantitative estimate of drug-likeness (QED) is 0.656. The Morgan fingerprint density at radius 2 is 2.19 bits per heavy atom. The molecule has 0 saturated heterocycles. The van der Waals surface area contributed by atoms with Crippen molar-refractivity contribution < 1.29 is 9.84 Å². The lowest BCUT2D eigenvalue weighted by Crippen LogP contribution is -2.61. The van der Waals surface area contributed by atoms with Crippen molar-refractivity contribution in [2.45, 2.75) is 65.2 Å². The Labute approximate surface area is 99.6 Å². The van der Waals surface area contributed by atoms with E-state index < -0.39 is 0 Å². The molecule has 0 heterocycles. The smallest absolute Gasteiger partial charge is 0.0655 e. The second kappa shape index (κ2) is 5.99. The lowest BCUT2D eigenvalue weighted by Gasteiger charge is -2.52. The number of hydrogen-bond acceptors (Lipinski definition) is 3. The van der Waals surface area contributed by atoms with E-state index in [1.54, 1.807) is 0 Å². The summed E-state index contributed by atoms with van der Waals surface area (Å²) < 4.78 is 5.69. The van der Waals surface area contributed by atoms with Gasteiger partial charge in [-0.05, 0) is 39.7 Å². The van der Waals surface area contributed by atoms with Gasteiger partial charge in [-0.1, -0.05) is 13.8 Å². The third-order valence-electron chi connectivity index (χ3n) is 3.73. The Morgan fingerprint density at radius 1 is 1.50 bits per heavy atom. The second-order valence-corrected chi connectivity index (χ2v) is 5.50. The number of aliphatic hydroxyl groups is 1. The molecule has 0 radical (unpaired) electrons. The van der Waals surface area contributed by atoms with Crippen molar-refractivity contribution >= 4 is 0 Å². The highest BCUT2D eigenvalue weighted by atomic mass is 16.5. The summed E-state index contributed by atoms with van der Waals surface area (Å²) in [6.45, 7) is 10.2. The molecule has 0 spiro atoms. The van der Waals surface area contributed by atoms with Gasteiger partial charge in [-0.3, -0.25) is 0 Å². The lowest BCUT2D eigenvalue weighted by molar-refractivity contribution is -0.114. The van der Waals surface area contributed by atoms with Gasteiger partial charge in [0, 0.05) is 18.1 Å². The fraction of sp³-hybridized carbons (Fsp3) is 1.00. The van der Waals surface area contributed by atoms with Crippen LogP contribution in [0.3, 0.4) is 0 Å². The van der Waals surface area contributed by atoms with Crippen LogP contribution in [0.15, 0.2) is 0 Å². The molecule has 0 amide bonds. The summed E-state index contributed by atoms with van der Waals surface area (Å²) in [6, 6.07) is 0.568. The molecule has 3 heteroatoms. The van der Waals surface area contributed by atoms with Crippen LogP contribution in [0, 0.1) is 5.41 Å². The fourth-order valence-electron chi connectivity index (χ4n) is 2.39. The molecule has 0 bridgehead atoms. The molecule has 16 heavy (non-hydrogen) atoms. The van der Waals surface area contributed by atoms with Crippen molar-refractivity contribution in [2.75, 3.05) is 13.2 Å². The Balaban J connectivity index is 2.16. The van der Waals surface area contributed by atoms with E-state index in [9.17, 15) is 0 Å². The summed E-state index contributed by atoms with van der Waals surface area (Å²) >= 11 is 0. The van der Waals surface area contributed by atoms with Gasteiger partial charge in [0.15, 0.2) is 0 Å². The highest BCUT2D eigenvalue weighted by molar-refractivity contribution is 5.02. The van der Waals surface area contributed by atoms with E-state index in [1.807, 2.05) is 6.92 Å². The van der Waals surface area contributed by atoms with E-state index in [2.05, 4.69) is 26.1 Å². The van der Waals surface area contributed by atoms with E-state index in [4.69, 9.17) is 9.84 Å². The molecule has 0 aromatic carbocycles. The first-order chi connectivity index (χ1) is 7.48. The van der Waals surface area contributed by atoms with Crippen LogP contribution >= 0.6 is 0 Å². The maximum absolute atomic E-state index is 9.16. The van der Waals surface area contributed by atoms with Gasteiger partial charge in [0.1, 0.15) is 0 Å². The summed E-state index contributed by atoms with van der Waals surface area (Å²) in [4.78, 5) is 0. The predicted octanol–water partition coefficient (Wildman–Crippen LogP) is 1.94. The molecular weight excluding hydrogens is 202 g/mol. The minimum Gasteiger partial charge on any atom is -0.393 e. The molecule has 1 fully saturated rings. The maximum atomic E-state index is 9.16. The van der Waals surface area contributed by atoms with Crippen molar-refractivity contribution in [3.05, 3.63) is 0 Å². The summed E-state index contributed by atoms with van der Waals surface area (Å²) in [7, 11) is 0. The first-order valence-corrected chi connectivity index (χ1v) is 6.51. The molecule has 0 aromatic rings. The minimum atomic E-state index is -0.174. The van der Waals surface area contributed by atoms with Gasteiger partial charge in [0.25, 0.3) is 0 Å². The Kier molecular flexibility index (Phi) is 5.22. The zero-order valence-electron chi connectivity index (χ0n) is 11.1. The number of aliphatic hydroxyl groups excluding tert-OH is 1. The van der Waals surface area contributed by atoms with Crippen molar-refractivity contribution in [3.63, 3.8) is 0 Å². The first-order valence-electron chi connectivity index (χ1n) is 6.51. The van der Waals surface area contributed by atoms with Gasteiger partial charge in [-0.2, -0.15) is 0 Å². The second-order valence-electron chi connectivity index (χ2n) is 5.50. The number of nitrogens with one attached hydrogen (secondary N) is 1. The molecule has 96 valence electrons. The van der Waals surface area contributed by atoms with Crippen LogP contribution < -0.4 is 5.32 Å². The summed E-state index contributed by atoms with van der Waals surface area (Å²) in [5, 5.41) is 12.7. The van der Waals surface area contributed by atoms with Gasteiger partial charge >= 0.3 is 0 Å². The van der Waals surface area contributed by atoms with Gasteiger partial charge in [0.2, 0.25) is 0 Å². The summed E-state index contributed by atoms with van der Waals surface area (Å²) in [6.07, 6.45) is 3.29. The molecule has 1 aliphatic carbocycles. The summed E-state index contributed by atoms with van der Waals surface area (Å²) in [5.74, 6) is 0. The standard InChI is InChI=1S/C13H27NO2/c1-5-16-12-9-11(13(12,3)4)14-8-6-7-10(2)15/h10-12,14-15H,5-9H2,1-4H3. The highest BCUT2D eigenvalue weighted by Crippen LogP contribution is 2.42. The third kappa shape index (κ3) is 3.44. The lowest BCUT2D eigenvalue weighted by atomic mass is 9.64. The van der Waals surface area contributed by atoms with E-state index >= 15 is 0 Å². The molecule has 1 saturated carbocycles. The van der Waals surface area contributed by atoms with Crippen molar-refractivity contribution in [1.29, 1.82) is 0 Å². The Bertz CT molecular complexity index is 204.